The third kappa shape index (κ3) is 5.05. The lowest BCUT2D eigenvalue weighted by Gasteiger charge is -2.40. The Morgan fingerprint density at radius 3 is 2.57 bits per heavy atom. The maximum absolute atomic E-state index is 14.2. The Morgan fingerprint density at radius 1 is 1.23 bits per heavy atom. The standard InChI is InChI=1S/C26H31ClFN5O2/c1-15(2)12-33-18-4-5-19(33)9-20(8-18)35-24-7-17(28)3-6-21(24)26(34)32-13-22(23(29)14-32)25-30-10-16(27)11-31-25/h3,6-7,10-11,15,18-20,22,29H,4-5,8-9,12-14H2,1-2H3. The molecular weight excluding hydrogens is 469 g/mol. The SMILES string of the molecule is CC(C)CN1C2CCC1CC(Oc1cc(F)ccc1C(=O)N1CC(=N)C(c3ncc(Cl)cn3)C1)C2. The third-order valence-electron chi connectivity index (χ3n) is 7.31. The fourth-order valence-corrected chi connectivity index (χ4v) is 5.86. The van der Waals surface area contributed by atoms with Gasteiger partial charge in [0.2, 0.25) is 0 Å². The van der Waals surface area contributed by atoms with E-state index in [1.165, 1.54) is 30.6 Å². The summed E-state index contributed by atoms with van der Waals surface area (Å²) in [5.41, 5.74) is 0.688. The van der Waals surface area contributed by atoms with Gasteiger partial charge in [-0.05, 0) is 43.7 Å². The molecular formula is C26H31ClFN5O2. The van der Waals surface area contributed by atoms with Crippen LogP contribution in [-0.2, 0) is 0 Å². The minimum Gasteiger partial charge on any atom is -0.489 e. The van der Waals surface area contributed by atoms with Crippen LogP contribution >= 0.6 is 11.6 Å². The number of nitrogens with zero attached hydrogens (tertiary/aromatic N) is 4. The second kappa shape index (κ2) is 9.82. The van der Waals surface area contributed by atoms with E-state index < -0.39 is 5.82 Å². The molecule has 0 spiro atoms. The van der Waals surface area contributed by atoms with E-state index in [0.29, 0.717) is 40.1 Å². The summed E-state index contributed by atoms with van der Waals surface area (Å²) in [5.74, 6) is 0.273. The van der Waals surface area contributed by atoms with Gasteiger partial charge in [0.1, 0.15) is 23.5 Å². The molecule has 2 aromatic rings. The van der Waals surface area contributed by atoms with Crippen molar-refractivity contribution in [3.63, 3.8) is 0 Å². The van der Waals surface area contributed by atoms with Gasteiger partial charge in [-0.3, -0.25) is 9.69 Å². The zero-order chi connectivity index (χ0) is 24.7. The van der Waals surface area contributed by atoms with Gasteiger partial charge >= 0.3 is 0 Å². The Morgan fingerprint density at radius 2 is 1.91 bits per heavy atom. The third-order valence-corrected chi connectivity index (χ3v) is 7.50. The predicted molar refractivity (Wildman–Crippen MR) is 132 cm³/mol. The number of aromatic nitrogens is 2. The number of ether oxygens (including phenoxy) is 1. The number of rotatable bonds is 6. The summed E-state index contributed by atoms with van der Waals surface area (Å²) in [7, 11) is 0. The van der Waals surface area contributed by atoms with Gasteiger partial charge in [0.05, 0.1) is 23.0 Å². The smallest absolute Gasteiger partial charge is 0.257 e. The van der Waals surface area contributed by atoms with Crippen molar-refractivity contribution >= 4 is 23.2 Å². The lowest BCUT2D eigenvalue weighted by molar-refractivity contribution is 0.0414. The highest BCUT2D eigenvalue weighted by molar-refractivity contribution is 6.30. The van der Waals surface area contributed by atoms with Crippen LogP contribution in [0.1, 0.15) is 61.6 Å². The van der Waals surface area contributed by atoms with Crippen molar-refractivity contribution in [3.05, 3.63) is 52.8 Å². The van der Waals surface area contributed by atoms with Gasteiger partial charge in [-0.1, -0.05) is 25.4 Å². The zero-order valence-electron chi connectivity index (χ0n) is 20.1. The van der Waals surface area contributed by atoms with Crippen LogP contribution in [0, 0.1) is 17.1 Å². The second-order valence-corrected chi connectivity index (χ2v) is 10.8. The summed E-state index contributed by atoms with van der Waals surface area (Å²) in [6.45, 7) is 6.03. The molecule has 1 amide bonds. The van der Waals surface area contributed by atoms with Crippen LogP contribution in [0.25, 0.3) is 0 Å². The number of hydrogen-bond acceptors (Lipinski definition) is 6. The number of benzene rings is 1. The molecule has 3 atom stereocenters. The molecule has 3 saturated heterocycles. The van der Waals surface area contributed by atoms with Gasteiger partial charge in [-0.2, -0.15) is 0 Å². The monoisotopic (exact) mass is 499 g/mol. The van der Waals surface area contributed by atoms with Gasteiger partial charge in [0.25, 0.3) is 5.91 Å². The van der Waals surface area contributed by atoms with Crippen LogP contribution in [0.4, 0.5) is 4.39 Å². The average molecular weight is 500 g/mol. The van der Waals surface area contributed by atoms with Crippen LogP contribution in [0.5, 0.6) is 5.75 Å². The topological polar surface area (TPSA) is 82.4 Å². The van der Waals surface area contributed by atoms with Crippen molar-refractivity contribution in [2.75, 3.05) is 19.6 Å². The Balaban J connectivity index is 1.31. The Bertz CT molecular complexity index is 1100. The summed E-state index contributed by atoms with van der Waals surface area (Å²) in [5, 5.41) is 8.81. The van der Waals surface area contributed by atoms with Gasteiger partial charge in [0, 0.05) is 49.3 Å². The summed E-state index contributed by atoms with van der Waals surface area (Å²) in [6, 6.07) is 5.05. The second-order valence-electron chi connectivity index (χ2n) is 10.4. The Kier molecular flexibility index (Phi) is 6.77. The first-order valence-corrected chi connectivity index (χ1v) is 12.7. The molecule has 7 nitrogen and oxygen atoms in total. The highest BCUT2D eigenvalue weighted by Crippen LogP contribution is 2.38. The van der Waals surface area contributed by atoms with Crippen molar-refractivity contribution in [2.24, 2.45) is 5.92 Å². The van der Waals surface area contributed by atoms with Crippen LogP contribution in [-0.4, -0.2) is 69.2 Å². The number of nitrogens with one attached hydrogen (secondary N) is 1. The van der Waals surface area contributed by atoms with E-state index in [1.807, 2.05) is 0 Å². The molecule has 3 aliphatic rings. The first-order valence-electron chi connectivity index (χ1n) is 12.3. The van der Waals surface area contributed by atoms with E-state index in [0.717, 1.165) is 32.2 Å². The molecule has 3 aliphatic heterocycles. The number of fused-ring (bicyclic) bond motifs is 2. The summed E-state index contributed by atoms with van der Waals surface area (Å²) in [6.07, 6.45) is 7.04. The molecule has 1 aromatic carbocycles. The molecule has 3 fully saturated rings. The number of carbonyl (C=O) groups excluding carboxylic acids is 1. The van der Waals surface area contributed by atoms with Crippen molar-refractivity contribution in [1.82, 2.24) is 19.8 Å². The van der Waals surface area contributed by atoms with Crippen molar-refractivity contribution < 1.29 is 13.9 Å². The molecule has 35 heavy (non-hydrogen) atoms. The lowest BCUT2D eigenvalue weighted by atomic mass is 9.98. The number of carbonyl (C=O) groups is 1. The van der Waals surface area contributed by atoms with Gasteiger partial charge in [0.15, 0.2) is 0 Å². The van der Waals surface area contributed by atoms with Gasteiger partial charge in [-0.15, -0.1) is 0 Å². The minimum atomic E-state index is -0.432. The summed E-state index contributed by atoms with van der Waals surface area (Å²) >= 11 is 5.89. The van der Waals surface area contributed by atoms with E-state index in [9.17, 15) is 9.18 Å². The molecule has 0 saturated carbocycles. The molecule has 4 heterocycles. The van der Waals surface area contributed by atoms with Crippen molar-refractivity contribution in [1.29, 1.82) is 5.41 Å². The van der Waals surface area contributed by atoms with E-state index in [2.05, 4.69) is 28.7 Å². The number of hydrogen-bond donors (Lipinski definition) is 1. The molecule has 1 aromatic heterocycles. The summed E-state index contributed by atoms with van der Waals surface area (Å²) in [4.78, 5) is 26.1. The van der Waals surface area contributed by atoms with Crippen LogP contribution in [0.2, 0.25) is 5.02 Å². The lowest BCUT2D eigenvalue weighted by Crippen LogP contribution is -2.47. The Hall–Kier alpha value is -2.58. The van der Waals surface area contributed by atoms with Crippen LogP contribution < -0.4 is 4.74 Å². The maximum Gasteiger partial charge on any atom is 0.257 e. The van der Waals surface area contributed by atoms with E-state index >= 15 is 0 Å². The van der Waals surface area contributed by atoms with Crippen LogP contribution in [0.3, 0.4) is 0 Å². The average Bonchev–Trinajstić information content (AvgIpc) is 3.29. The largest absolute Gasteiger partial charge is 0.489 e. The quantitative estimate of drug-likeness (QED) is 0.630. The van der Waals surface area contributed by atoms with E-state index in [-0.39, 0.29) is 36.8 Å². The normalized spacial score (nSPS) is 26.5. The van der Waals surface area contributed by atoms with Crippen LogP contribution in [0.15, 0.2) is 30.6 Å². The number of piperidine rings is 1. The van der Waals surface area contributed by atoms with E-state index in [4.69, 9.17) is 21.7 Å². The van der Waals surface area contributed by atoms with Crippen molar-refractivity contribution in [3.8, 4) is 5.75 Å². The zero-order valence-corrected chi connectivity index (χ0v) is 20.8. The molecule has 2 bridgehead atoms. The highest BCUT2D eigenvalue weighted by Gasteiger charge is 2.42. The maximum atomic E-state index is 14.2. The number of likely N-dealkylation sites (tertiary alicyclic amines) is 1. The molecule has 186 valence electrons. The van der Waals surface area contributed by atoms with Gasteiger partial charge < -0.3 is 15.0 Å². The van der Waals surface area contributed by atoms with Gasteiger partial charge in [-0.25, -0.2) is 14.4 Å². The fourth-order valence-electron chi connectivity index (χ4n) is 5.77. The molecule has 1 N–H and O–H groups in total. The first kappa shape index (κ1) is 24.1. The molecule has 0 radical (unpaired) electrons. The molecule has 3 unspecified atom stereocenters. The molecule has 0 aliphatic carbocycles. The van der Waals surface area contributed by atoms with Crippen molar-refractivity contribution in [2.45, 2.75) is 63.6 Å². The fraction of sp³-hybridized carbons (Fsp3) is 0.538. The first-order chi connectivity index (χ1) is 16.8. The Labute approximate surface area is 210 Å². The predicted octanol–water partition coefficient (Wildman–Crippen LogP) is 4.56. The highest BCUT2D eigenvalue weighted by atomic mass is 35.5. The number of amides is 1. The van der Waals surface area contributed by atoms with E-state index in [1.54, 1.807) is 4.90 Å². The number of halogens is 2. The molecule has 9 heteroatoms. The minimum absolute atomic E-state index is 0.0450. The molecule has 5 rings (SSSR count). The summed E-state index contributed by atoms with van der Waals surface area (Å²) < 4.78 is 20.5.